The Labute approximate surface area is 126 Å². The van der Waals surface area contributed by atoms with Crippen LogP contribution in [-0.4, -0.2) is 45.1 Å². The number of sulfone groups is 1. The monoisotopic (exact) mass is 341 g/mol. The van der Waals surface area contributed by atoms with E-state index in [1.165, 1.54) is 18.2 Å². The molecule has 6 nitrogen and oxygen atoms in total. The second-order valence-corrected chi connectivity index (χ2v) is 6.58. The molecule has 1 aromatic carbocycles. The zero-order chi connectivity index (χ0) is 15.2. The molecule has 112 valence electrons. The van der Waals surface area contributed by atoms with Crippen LogP contribution in [0.1, 0.15) is 0 Å². The van der Waals surface area contributed by atoms with Gasteiger partial charge in [-0.05, 0) is 18.2 Å². The molecule has 0 atom stereocenters. The first kappa shape index (κ1) is 17.2. The lowest BCUT2D eigenvalue weighted by Gasteiger charge is -2.08. The van der Waals surface area contributed by atoms with E-state index in [-0.39, 0.29) is 28.9 Å². The number of hydrogen-bond acceptors (Lipinski definition) is 5. The van der Waals surface area contributed by atoms with Crippen LogP contribution in [0.4, 0.5) is 0 Å². The highest BCUT2D eigenvalue weighted by atomic mass is 35.5. The lowest BCUT2D eigenvalue weighted by atomic mass is 10.4. The van der Waals surface area contributed by atoms with Gasteiger partial charge in [0.15, 0.2) is 9.84 Å². The standard InChI is InChI=1S/C11H13Cl2NO5S/c12-8-1-2-10(9(13)5-8)20(17,18)7-14-3-4-19-6-11(15)16/h1-2,5,14H,3-4,6-7H2,(H,15,16). The summed E-state index contributed by atoms with van der Waals surface area (Å²) in [5.74, 6) is -1.41. The van der Waals surface area contributed by atoms with Crippen molar-refractivity contribution in [2.45, 2.75) is 4.90 Å². The normalized spacial score (nSPS) is 11.5. The number of ether oxygens (including phenoxy) is 1. The van der Waals surface area contributed by atoms with E-state index in [4.69, 9.17) is 33.0 Å². The van der Waals surface area contributed by atoms with Crippen LogP contribution in [0.5, 0.6) is 0 Å². The fourth-order valence-corrected chi connectivity index (χ4v) is 3.28. The highest BCUT2D eigenvalue weighted by molar-refractivity contribution is 7.91. The molecular weight excluding hydrogens is 329 g/mol. The number of carboxylic acids is 1. The Morgan fingerprint density at radius 3 is 2.65 bits per heavy atom. The van der Waals surface area contributed by atoms with Crippen molar-refractivity contribution in [1.82, 2.24) is 5.32 Å². The highest BCUT2D eigenvalue weighted by Gasteiger charge is 2.17. The predicted octanol–water partition coefficient (Wildman–Crippen LogP) is 1.42. The quantitative estimate of drug-likeness (QED) is 0.694. The molecule has 0 saturated carbocycles. The maximum atomic E-state index is 12.0. The zero-order valence-corrected chi connectivity index (χ0v) is 12.6. The number of rotatable bonds is 8. The van der Waals surface area contributed by atoms with Gasteiger partial charge in [0.2, 0.25) is 0 Å². The third-order valence-corrected chi connectivity index (χ3v) is 4.44. The average molecular weight is 342 g/mol. The van der Waals surface area contributed by atoms with E-state index in [0.29, 0.717) is 5.02 Å². The first-order valence-corrected chi connectivity index (χ1v) is 7.92. The number of carbonyl (C=O) groups is 1. The highest BCUT2D eigenvalue weighted by Crippen LogP contribution is 2.25. The van der Waals surface area contributed by atoms with Gasteiger partial charge in [-0.25, -0.2) is 13.2 Å². The van der Waals surface area contributed by atoms with Crippen molar-refractivity contribution in [3.8, 4) is 0 Å². The summed E-state index contributed by atoms with van der Waals surface area (Å²) < 4.78 is 28.7. The van der Waals surface area contributed by atoms with Gasteiger partial charge in [0.05, 0.1) is 16.5 Å². The molecule has 2 N–H and O–H groups in total. The van der Waals surface area contributed by atoms with Crippen molar-refractivity contribution in [3.63, 3.8) is 0 Å². The van der Waals surface area contributed by atoms with Gasteiger partial charge in [-0.15, -0.1) is 0 Å². The van der Waals surface area contributed by atoms with E-state index in [9.17, 15) is 13.2 Å². The van der Waals surface area contributed by atoms with Crippen LogP contribution in [0.25, 0.3) is 0 Å². The van der Waals surface area contributed by atoms with Gasteiger partial charge in [0.25, 0.3) is 0 Å². The predicted molar refractivity (Wildman–Crippen MR) is 75.0 cm³/mol. The Hall–Kier alpha value is -0.860. The smallest absolute Gasteiger partial charge is 0.329 e. The summed E-state index contributed by atoms with van der Waals surface area (Å²) in [5, 5.41) is 11.4. The Morgan fingerprint density at radius 1 is 1.35 bits per heavy atom. The second kappa shape index (κ2) is 7.80. The molecule has 1 rings (SSSR count). The third kappa shape index (κ3) is 5.64. The molecule has 1 aromatic rings. The van der Waals surface area contributed by atoms with Crippen molar-refractivity contribution < 1.29 is 23.1 Å². The molecule has 0 aromatic heterocycles. The Bertz CT molecular complexity index is 576. The van der Waals surface area contributed by atoms with E-state index in [1.54, 1.807) is 0 Å². The number of nitrogens with one attached hydrogen (secondary N) is 1. The van der Waals surface area contributed by atoms with Crippen LogP contribution in [0.2, 0.25) is 10.0 Å². The summed E-state index contributed by atoms with van der Waals surface area (Å²) in [7, 11) is -3.58. The van der Waals surface area contributed by atoms with Crippen LogP contribution < -0.4 is 5.32 Å². The molecule has 0 bridgehead atoms. The molecule has 9 heteroatoms. The number of hydrogen-bond donors (Lipinski definition) is 2. The van der Waals surface area contributed by atoms with E-state index >= 15 is 0 Å². The van der Waals surface area contributed by atoms with Crippen LogP contribution in [0, 0.1) is 0 Å². The molecule has 0 aliphatic rings. The van der Waals surface area contributed by atoms with Crippen molar-refractivity contribution in [2.75, 3.05) is 25.6 Å². The fourth-order valence-electron chi connectivity index (χ4n) is 1.32. The molecule has 0 amide bonds. The van der Waals surface area contributed by atoms with Gasteiger partial charge in [-0.3, -0.25) is 0 Å². The molecular formula is C11H13Cl2NO5S. The summed E-state index contributed by atoms with van der Waals surface area (Å²) in [6.07, 6.45) is 0. The van der Waals surface area contributed by atoms with Crippen LogP contribution >= 0.6 is 23.2 Å². The molecule has 0 fully saturated rings. The first-order valence-electron chi connectivity index (χ1n) is 5.51. The van der Waals surface area contributed by atoms with Crippen molar-refractivity contribution >= 4 is 39.0 Å². The largest absolute Gasteiger partial charge is 0.480 e. The lowest BCUT2D eigenvalue weighted by molar-refractivity contribution is -0.142. The topological polar surface area (TPSA) is 92.7 Å². The molecule has 0 unspecified atom stereocenters. The maximum Gasteiger partial charge on any atom is 0.329 e. The molecule has 0 radical (unpaired) electrons. The number of halogens is 2. The van der Waals surface area contributed by atoms with Gasteiger partial charge in [0, 0.05) is 11.6 Å². The molecule has 0 saturated heterocycles. The minimum absolute atomic E-state index is 0.0116. The number of carboxylic acid groups (broad SMARTS) is 1. The Balaban J connectivity index is 2.48. The maximum absolute atomic E-state index is 12.0. The van der Waals surface area contributed by atoms with Crippen molar-refractivity contribution in [3.05, 3.63) is 28.2 Å². The number of aliphatic carboxylic acids is 1. The van der Waals surface area contributed by atoms with E-state index in [2.05, 4.69) is 5.32 Å². The molecule has 0 spiro atoms. The van der Waals surface area contributed by atoms with Crippen LogP contribution in [0.15, 0.2) is 23.1 Å². The van der Waals surface area contributed by atoms with E-state index < -0.39 is 22.4 Å². The van der Waals surface area contributed by atoms with Gasteiger partial charge in [-0.1, -0.05) is 23.2 Å². The second-order valence-electron chi connectivity index (χ2n) is 3.78. The van der Waals surface area contributed by atoms with E-state index in [1.807, 2.05) is 0 Å². The van der Waals surface area contributed by atoms with Crippen molar-refractivity contribution in [2.24, 2.45) is 0 Å². The zero-order valence-electron chi connectivity index (χ0n) is 10.3. The summed E-state index contributed by atoms with van der Waals surface area (Å²) in [6, 6.07) is 4.13. The summed E-state index contributed by atoms with van der Waals surface area (Å²) >= 11 is 11.5. The van der Waals surface area contributed by atoms with Crippen molar-refractivity contribution in [1.29, 1.82) is 0 Å². The van der Waals surface area contributed by atoms with Crippen LogP contribution in [-0.2, 0) is 19.4 Å². The minimum Gasteiger partial charge on any atom is -0.480 e. The molecule has 0 heterocycles. The Morgan fingerprint density at radius 2 is 2.05 bits per heavy atom. The van der Waals surface area contributed by atoms with E-state index in [0.717, 1.165) is 0 Å². The van der Waals surface area contributed by atoms with Gasteiger partial charge in [0.1, 0.15) is 12.5 Å². The SMILES string of the molecule is O=C(O)COCCNCS(=O)(=O)c1ccc(Cl)cc1Cl. The molecule has 0 aliphatic carbocycles. The van der Waals surface area contributed by atoms with Crippen LogP contribution in [0.3, 0.4) is 0 Å². The fraction of sp³-hybridized carbons (Fsp3) is 0.364. The minimum atomic E-state index is -3.58. The molecule has 0 aliphatic heterocycles. The average Bonchev–Trinajstić information content (AvgIpc) is 2.32. The van der Waals surface area contributed by atoms with Gasteiger partial charge in [-0.2, -0.15) is 0 Å². The first-order chi connectivity index (χ1) is 9.33. The third-order valence-electron chi connectivity index (χ3n) is 2.17. The van der Waals surface area contributed by atoms with Gasteiger partial charge < -0.3 is 15.2 Å². The number of benzene rings is 1. The van der Waals surface area contributed by atoms with Gasteiger partial charge >= 0.3 is 5.97 Å². The molecule has 20 heavy (non-hydrogen) atoms. The lowest BCUT2D eigenvalue weighted by Crippen LogP contribution is -2.27. The Kier molecular flexibility index (Phi) is 6.70. The summed E-state index contributed by atoms with van der Waals surface area (Å²) in [4.78, 5) is 10.2. The summed E-state index contributed by atoms with van der Waals surface area (Å²) in [5.41, 5.74) is 0. The summed E-state index contributed by atoms with van der Waals surface area (Å²) in [6.45, 7) is -0.120.